The maximum atomic E-state index is 13.4. The van der Waals surface area contributed by atoms with Gasteiger partial charge in [-0.05, 0) is 37.4 Å². The van der Waals surface area contributed by atoms with Crippen molar-refractivity contribution < 1.29 is 17.6 Å². The molecule has 0 heterocycles. The lowest BCUT2D eigenvalue weighted by molar-refractivity contribution is -0.140. The highest BCUT2D eigenvalue weighted by molar-refractivity contribution is 5.28. The van der Waals surface area contributed by atoms with Crippen molar-refractivity contribution in [2.24, 2.45) is 5.73 Å². The number of nitrogens with two attached hydrogens (primary N) is 1. The van der Waals surface area contributed by atoms with Crippen LogP contribution in [0.25, 0.3) is 0 Å². The topological polar surface area (TPSA) is 26.0 Å². The number of halogens is 4. The zero-order valence-corrected chi connectivity index (χ0v) is 8.65. The molecule has 0 aliphatic heterocycles. The number of rotatable bonds is 4. The van der Waals surface area contributed by atoms with Gasteiger partial charge < -0.3 is 5.73 Å². The van der Waals surface area contributed by atoms with Crippen LogP contribution in [0.4, 0.5) is 17.6 Å². The fourth-order valence-electron chi connectivity index (χ4n) is 1.45. The van der Waals surface area contributed by atoms with Crippen LogP contribution in [0.3, 0.4) is 0 Å². The highest BCUT2D eigenvalue weighted by Crippen LogP contribution is 2.32. The number of hydrogen-bond acceptors (Lipinski definition) is 1. The molecule has 2 N–H and O–H groups in total. The molecule has 0 amide bonds. The molecule has 0 radical (unpaired) electrons. The summed E-state index contributed by atoms with van der Waals surface area (Å²) in [6.07, 6.45) is -3.08. The summed E-state index contributed by atoms with van der Waals surface area (Å²) in [5.41, 5.74) is 4.16. The summed E-state index contributed by atoms with van der Waals surface area (Å²) in [6.45, 7) is 0.459. The second kappa shape index (κ2) is 5.30. The van der Waals surface area contributed by atoms with Gasteiger partial charge in [-0.3, -0.25) is 0 Å². The summed E-state index contributed by atoms with van der Waals surface area (Å²) < 4.78 is 50.5. The molecule has 0 saturated heterocycles. The van der Waals surface area contributed by atoms with Gasteiger partial charge in [-0.15, -0.1) is 0 Å². The van der Waals surface area contributed by atoms with Crippen LogP contribution in [0.2, 0.25) is 0 Å². The zero-order chi connectivity index (χ0) is 12.2. The maximum Gasteiger partial charge on any atom is 0.419 e. The van der Waals surface area contributed by atoms with Gasteiger partial charge in [0.15, 0.2) is 0 Å². The fourth-order valence-corrected chi connectivity index (χ4v) is 1.45. The Morgan fingerprint density at radius 1 is 1.12 bits per heavy atom. The SMILES string of the molecule is NCCCCc1cccc(C(F)(F)F)c1F. The monoisotopic (exact) mass is 235 g/mol. The van der Waals surface area contributed by atoms with Crippen molar-refractivity contribution in [3.8, 4) is 0 Å². The van der Waals surface area contributed by atoms with Gasteiger partial charge in [-0.2, -0.15) is 13.2 Å². The molecule has 1 aromatic carbocycles. The normalized spacial score (nSPS) is 11.8. The van der Waals surface area contributed by atoms with Crippen molar-refractivity contribution in [2.75, 3.05) is 6.54 Å². The Labute approximate surface area is 91.3 Å². The van der Waals surface area contributed by atoms with E-state index in [-0.39, 0.29) is 12.0 Å². The summed E-state index contributed by atoms with van der Waals surface area (Å²) in [6, 6.07) is 3.35. The Kier molecular flexibility index (Phi) is 4.29. The van der Waals surface area contributed by atoms with Crippen LogP contribution >= 0.6 is 0 Å². The van der Waals surface area contributed by atoms with E-state index in [0.717, 1.165) is 6.07 Å². The molecule has 0 atom stereocenters. The Morgan fingerprint density at radius 2 is 1.81 bits per heavy atom. The van der Waals surface area contributed by atoms with E-state index in [1.807, 2.05) is 0 Å². The minimum Gasteiger partial charge on any atom is -0.330 e. The third-order valence-electron chi connectivity index (χ3n) is 2.28. The van der Waals surface area contributed by atoms with Gasteiger partial charge in [0.05, 0.1) is 5.56 Å². The van der Waals surface area contributed by atoms with Crippen LogP contribution in [-0.2, 0) is 12.6 Å². The van der Waals surface area contributed by atoms with Crippen molar-refractivity contribution in [2.45, 2.75) is 25.4 Å². The fraction of sp³-hybridized carbons (Fsp3) is 0.455. The maximum absolute atomic E-state index is 13.4. The second-order valence-electron chi connectivity index (χ2n) is 3.52. The van der Waals surface area contributed by atoms with Gasteiger partial charge in [0.25, 0.3) is 0 Å². The van der Waals surface area contributed by atoms with E-state index in [1.54, 1.807) is 0 Å². The van der Waals surface area contributed by atoms with E-state index >= 15 is 0 Å². The molecule has 0 spiro atoms. The van der Waals surface area contributed by atoms with Gasteiger partial charge in [0.1, 0.15) is 5.82 Å². The first-order valence-corrected chi connectivity index (χ1v) is 5.01. The number of benzene rings is 1. The molecule has 0 aromatic heterocycles. The van der Waals surface area contributed by atoms with Crippen molar-refractivity contribution in [3.05, 3.63) is 35.1 Å². The average molecular weight is 235 g/mol. The summed E-state index contributed by atoms with van der Waals surface area (Å²) in [5, 5.41) is 0. The van der Waals surface area contributed by atoms with Crippen molar-refractivity contribution in [1.82, 2.24) is 0 Å². The predicted octanol–water partition coefficient (Wildman–Crippen LogP) is 3.13. The van der Waals surface area contributed by atoms with Gasteiger partial charge >= 0.3 is 6.18 Å². The van der Waals surface area contributed by atoms with Gasteiger partial charge in [0.2, 0.25) is 0 Å². The number of aryl methyl sites for hydroxylation is 1. The Hall–Kier alpha value is -1.10. The van der Waals surface area contributed by atoms with E-state index in [0.29, 0.717) is 19.4 Å². The minimum atomic E-state index is -4.63. The molecule has 1 nitrogen and oxygen atoms in total. The van der Waals surface area contributed by atoms with Crippen LogP contribution < -0.4 is 5.73 Å². The molecule has 0 fully saturated rings. The van der Waals surface area contributed by atoms with Crippen LogP contribution in [0.5, 0.6) is 0 Å². The Bertz CT molecular complexity index is 346. The van der Waals surface area contributed by atoms with Crippen molar-refractivity contribution >= 4 is 0 Å². The lowest BCUT2D eigenvalue weighted by Gasteiger charge is -2.10. The van der Waals surface area contributed by atoms with E-state index in [2.05, 4.69) is 0 Å². The summed E-state index contributed by atoms with van der Waals surface area (Å²) in [7, 11) is 0. The van der Waals surface area contributed by atoms with Gasteiger partial charge in [-0.25, -0.2) is 4.39 Å². The summed E-state index contributed by atoms with van der Waals surface area (Å²) >= 11 is 0. The lowest BCUT2D eigenvalue weighted by Crippen LogP contribution is -2.10. The standard InChI is InChI=1S/C11H13F4N/c12-10-8(4-1-2-7-16)5-3-6-9(10)11(13,14)15/h3,5-6H,1-2,4,7,16H2. The summed E-state index contributed by atoms with van der Waals surface area (Å²) in [4.78, 5) is 0. The number of unbranched alkanes of at least 4 members (excludes halogenated alkanes) is 1. The number of alkyl halides is 3. The molecule has 90 valence electrons. The van der Waals surface area contributed by atoms with Crippen LogP contribution in [0.15, 0.2) is 18.2 Å². The van der Waals surface area contributed by atoms with Crippen LogP contribution in [-0.4, -0.2) is 6.54 Å². The molecule has 0 aliphatic rings. The van der Waals surface area contributed by atoms with Crippen LogP contribution in [0, 0.1) is 5.82 Å². The molecular formula is C11H13F4N. The molecule has 5 heteroatoms. The first kappa shape index (κ1) is 13.0. The summed E-state index contributed by atoms with van der Waals surface area (Å²) in [5.74, 6) is -1.16. The van der Waals surface area contributed by atoms with Crippen molar-refractivity contribution in [3.63, 3.8) is 0 Å². The molecule has 16 heavy (non-hydrogen) atoms. The molecular weight excluding hydrogens is 222 g/mol. The average Bonchev–Trinajstić information content (AvgIpc) is 2.19. The second-order valence-corrected chi connectivity index (χ2v) is 3.52. The predicted molar refractivity (Wildman–Crippen MR) is 53.4 cm³/mol. The molecule has 1 rings (SSSR count). The van der Waals surface area contributed by atoms with E-state index in [1.165, 1.54) is 12.1 Å². The molecule has 0 bridgehead atoms. The van der Waals surface area contributed by atoms with Crippen LogP contribution in [0.1, 0.15) is 24.0 Å². The van der Waals surface area contributed by atoms with Gasteiger partial charge in [0, 0.05) is 0 Å². The Morgan fingerprint density at radius 3 is 2.38 bits per heavy atom. The first-order valence-electron chi connectivity index (χ1n) is 5.01. The van der Waals surface area contributed by atoms with E-state index in [9.17, 15) is 17.6 Å². The van der Waals surface area contributed by atoms with E-state index < -0.39 is 17.6 Å². The minimum absolute atomic E-state index is 0.100. The quantitative estimate of drug-likeness (QED) is 0.629. The van der Waals surface area contributed by atoms with E-state index in [4.69, 9.17) is 5.73 Å². The molecule has 1 aromatic rings. The Balaban J connectivity index is 2.87. The van der Waals surface area contributed by atoms with Crippen molar-refractivity contribution in [1.29, 1.82) is 0 Å². The molecule has 0 unspecified atom stereocenters. The smallest absolute Gasteiger partial charge is 0.330 e. The highest BCUT2D eigenvalue weighted by Gasteiger charge is 2.34. The number of hydrogen-bond donors (Lipinski definition) is 1. The first-order chi connectivity index (χ1) is 7.46. The molecule has 0 saturated carbocycles. The zero-order valence-electron chi connectivity index (χ0n) is 8.65. The lowest BCUT2D eigenvalue weighted by atomic mass is 10.0. The molecule has 0 aliphatic carbocycles. The largest absolute Gasteiger partial charge is 0.419 e. The van der Waals surface area contributed by atoms with Gasteiger partial charge in [-0.1, -0.05) is 12.1 Å². The third kappa shape index (κ3) is 3.20. The highest BCUT2D eigenvalue weighted by atomic mass is 19.4. The third-order valence-corrected chi connectivity index (χ3v) is 2.28.